The maximum absolute atomic E-state index is 13.3. The van der Waals surface area contributed by atoms with E-state index in [1.165, 1.54) is 30.3 Å². The first kappa shape index (κ1) is 12.0. The number of hydrogen-bond donors (Lipinski definition) is 2. The molecule has 0 unspecified atom stereocenters. The van der Waals surface area contributed by atoms with E-state index in [9.17, 15) is 18.4 Å². The molecule has 2 aromatic rings. The van der Waals surface area contributed by atoms with Crippen molar-refractivity contribution >= 4 is 11.6 Å². The number of hydrogen-bond acceptors (Lipinski definition) is 2. The summed E-state index contributed by atoms with van der Waals surface area (Å²) in [4.78, 5) is 24.9. The van der Waals surface area contributed by atoms with Crippen LogP contribution in [0.2, 0.25) is 0 Å². The molecule has 0 bridgehead atoms. The van der Waals surface area contributed by atoms with E-state index >= 15 is 0 Å². The van der Waals surface area contributed by atoms with Gasteiger partial charge in [-0.1, -0.05) is 12.1 Å². The summed E-state index contributed by atoms with van der Waals surface area (Å²) in [6, 6.07) is 7.40. The van der Waals surface area contributed by atoms with Crippen molar-refractivity contribution in [2.45, 2.75) is 0 Å². The van der Waals surface area contributed by atoms with Gasteiger partial charge < -0.3 is 10.3 Å². The number of amides is 1. The van der Waals surface area contributed by atoms with E-state index in [0.717, 1.165) is 6.07 Å². The lowest BCUT2D eigenvalue weighted by Crippen LogP contribution is -2.18. The van der Waals surface area contributed by atoms with Crippen LogP contribution in [0.25, 0.3) is 0 Å². The Morgan fingerprint density at radius 1 is 1.11 bits per heavy atom. The van der Waals surface area contributed by atoms with Gasteiger partial charge in [-0.3, -0.25) is 9.59 Å². The van der Waals surface area contributed by atoms with Gasteiger partial charge in [-0.25, -0.2) is 8.78 Å². The normalized spacial score (nSPS) is 10.1. The van der Waals surface area contributed by atoms with Crippen LogP contribution in [0.1, 0.15) is 10.5 Å². The Morgan fingerprint density at radius 3 is 2.56 bits per heavy atom. The number of aromatic amines is 1. The summed E-state index contributed by atoms with van der Waals surface area (Å²) in [7, 11) is 0. The van der Waals surface area contributed by atoms with Crippen LogP contribution in [0.3, 0.4) is 0 Å². The maximum Gasteiger partial charge on any atom is 0.272 e. The first-order chi connectivity index (χ1) is 8.58. The Labute approximate surface area is 100 Å². The molecule has 2 N–H and O–H groups in total. The van der Waals surface area contributed by atoms with Crippen molar-refractivity contribution in [3.05, 3.63) is 64.1 Å². The first-order valence-corrected chi connectivity index (χ1v) is 5.02. The molecule has 0 spiro atoms. The molecule has 6 heteroatoms. The number of nitrogens with one attached hydrogen (secondary N) is 2. The first-order valence-electron chi connectivity index (χ1n) is 5.02. The van der Waals surface area contributed by atoms with E-state index in [2.05, 4.69) is 10.3 Å². The molecule has 0 saturated carbocycles. The van der Waals surface area contributed by atoms with Crippen molar-refractivity contribution in [2.24, 2.45) is 0 Å². The zero-order valence-electron chi connectivity index (χ0n) is 9.04. The van der Waals surface area contributed by atoms with E-state index < -0.39 is 23.1 Å². The fraction of sp³-hybridized carbons (Fsp3) is 0. The number of halogens is 2. The molecule has 92 valence electrons. The van der Waals surface area contributed by atoms with E-state index in [4.69, 9.17) is 0 Å². The summed E-state index contributed by atoms with van der Waals surface area (Å²) in [6.07, 6.45) is 0. The Kier molecular flexibility index (Phi) is 3.18. The lowest BCUT2D eigenvalue weighted by atomic mass is 10.2. The van der Waals surface area contributed by atoms with Gasteiger partial charge in [0.1, 0.15) is 5.69 Å². The summed E-state index contributed by atoms with van der Waals surface area (Å²) >= 11 is 0. The second-order valence-corrected chi connectivity index (χ2v) is 3.48. The number of aromatic nitrogens is 1. The Balaban J connectivity index is 2.27. The average Bonchev–Trinajstić information content (AvgIpc) is 2.35. The van der Waals surface area contributed by atoms with Crippen molar-refractivity contribution in [3.8, 4) is 0 Å². The predicted octanol–water partition coefficient (Wildman–Crippen LogP) is 1.91. The van der Waals surface area contributed by atoms with Crippen LogP contribution in [-0.2, 0) is 0 Å². The molecule has 1 aromatic heterocycles. The Bertz CT molecular complexity index is 653. The largest absolute Gasteiger partial charge is 0.318 e. The van der Waals surface area contributed by atoms with Crippen LogP contribution >= 0.6 is 0 Å². The highest BCUT2D eigenvalue weighted by atomic mass is 19.2. The van der Waals surface area contributed by atoms with Gasteiger partial charge in [0.2, 0.25) is 5.56 Å². The van der Waals surface area contributed by atoms with Crippen LogP contribution in [-0.4, -0.2) is 10.9 Å². The number of rotatable bonds is 2. The average molecular weight is 250 g/mol. The minimum atomic E-state index is -1.15. The lowest BCUT2D eigenvalue weighted by molar-refractivity contribution is 0.102. The van der Waals surface area contributed by atoms with Crippen LogP contribution in [0.5, 0.6) is 0 Å². The van der Waals surface area contributed by atoms with Gasteiger partial charge >= 0.3 is 0 Å². The fourth-order valence-electron chi connectivity index (χ4n) is 1.37. The van der Waals surface area contributed by atoms with Crippen molar-refractivity contribution in [2.75, 3.05) is 5.32 Å². The molecule has 1 heterocycles. The number of pyridine rings is 1. The van der Waals surface area contributed by atoms with Crippen molar-refractivity contribution in [3.63, 3.8) is 0 Å². The third-order valence-electron chi connectivity index (χ3n) is 2.21. The van der Waals surface area contributed by atoms with E-state index in [1.54, 1.807) is 0 Å². The summed E-state index contributed by atoms with van der Waals surface area (Å²) in [6.45, 7) is 0. The van der Waals surface area contributed by atoms with E-state index in [1.807, 2.05) is 0 Å². The molecule has 1 aromatic carbocycles. The molecular formula is C12H8F2N2O2. The summed E-state index contributed by atoms with van der Waals surface area (Å²) in [5.74, 6) is -2.93. The molecule has 0 aliphatic rings. The van der Waals surface area contributed by atoms with Crippen molar-refractivity contribution in [1.29, 1.82) is 0 Å². The molecule has 0 saturated heterocycles. The van der Waals surface area contributed by atoms with Gasteiger partial charge in [-0.15, -0.1) is 0 Å². The molecule has 0 fully saturated rings. The summed E-state index contributed by atoms with van der Waals surface area (Å²) in [5.41, 5.74) is -0.779. The highest BCUT2D eigenvalue weighted by Gasteiger charge is 2.12. The maximum atomic E-state index is 13.3. The molecule has 0 atom stereocenters. The number of anilines is 1. The van der Waals surface area contributed by atoms with Gasteiger partial charge in [0.05, 0.1) is 5.69 Å². The highest BCUT2D eigenvalue weighted by Crippen LogP contribution is 2.16. The third kappa shape index (κ3) is 2.42. The third-order valence-corrected chi connectivity index (χ3v) is 2.21. The van der Waals surface area contributed by atoms with Crippen LogP contribution in [0.4, 0.5) is 14.5 Å². The SMILES string of the molecule is O=C(Nc1cccc(F)c1F)c1cccc(=O)[nH]1. The zero-order chi connectivity index (χ0) is 13.1. The topological polar surface area (TPSA) is 62.0 Å². The summed E-state index contributed by atoms with van der Waals surface area (Å²) in [5, 5.41) is 2.17. The van der Waals surface area contributed by atoms with Gasteiger partial charge in [-0.2, -0.15) is 0 Å². The smallest absolute Gasteiger partial charge is 0.272 e. The number of benzene rings is 1. The summed E-state index contributed by atoms with van der Waals surface area (Å²) < 4.78 is 26.2. The molecule has 18 heavy (non-hydrogen) atoms. The minimum Gasteiger partial charge on any atom is -0.318 e. The number of H-pyrrole nitrogens is 1. The molecule has 0 aliphatic carbocycles. The fourth-order valence-corrected chi connectivity index (χ4v) is 1.37. The van der Waals surface area contributed by atoms with Gasteiger partial charge in [0.25, 0.3) is 5.91 Å². The van der Waals surface area contributed by atoms with E-state index in [0.29, 0.717) is 0 Å². The molecule has 1 amide bonds. The van der Waals surface area contributed by atoms with Crippen LogP contribution in [0, 0.1) is 11.6 Å². The monoisotopic (exact) mass is 250 g/mol. The molecule has 0 radical (unpaired) electrons. The molecular weight excluding hydrogens is 242 g/mol. The van der Waals surface area contributed by atoms with Crippen LogP contribution < -0.4 is 10.9 Å². The highest BCUT2D eigenvalue weighted by molar-refractivity contribution is 6.02. The quantitative estimate of drug-likeness (QED) is 0.855. The van der Waals surface area contributed by atoms with Crippen LogP contribution in [0.15, 0.2) is 41.2 Å². The molecule has 2 rings (SSSR count). The van der Waals surface area contributed by atoms with Crippen molar-refractivity contribution in [1.82, 2.24) is 4.98 Å². The van der Waals surface area contributed by atoms with Crippen molar-refractivity contribution < 1.29 is 13.6 Å². The standard InChI is InChI=1S/C12H8F2N2O2/c13-7-3-1-4-8(11(7)14)16-12(18)9-5-2-6-10(17)15-9/h1-6H,(H,15,17)(H,16,18). The minimum absolute atomic E-state index is 0.0360. The van der Waals surface area contributed by atoms with Gasteiger partial charge in [-0.05, 0) is 18.2 Å². The second kappa shape index (κ2) is 4.79. The predicted molar refractivity (Wildman–Crippen MR) is 61.4 cm³/mol. The zero-order valence-corrected chi connectivity index (χ0v) is 9.04. The van der Waals surface area contributed by atoms with Gasteiger partial charge in [0, 0.05) is 6.07 Å². The molecule has 0 aliphatic heterocycles. The lowest BCUT2D eigenvalue weighted by Gasteiger charge is -2.06. The molecule has 4 nitrogen and oxygen atoms in total. The number of carbonyl (C=O) groups is 1. The Morgan fingerprint density at radius 2 is 1.83 bits per heavy atom. The number of carbonyl (C=O) groups excluding carboxylic acids is 1. The van der Waals surface area contributed by atoms with Gasteiger partial charge in [0.15, 0.2) is 11.6 Å². The Hall–Kier alpha value is -2.50. The van der Waals surface area contributed by atoms with E-state index in [-0.39, 0.29) is 11.4 Å². The second-order valence-electron chi connectivity index (χ2n) is 3.48.